The molecule has 1 aromatic carbocycles. The van der Waals surface area contributed by atoms with Gasteiger partial charge in [0.2, 0.25) is 0 Å². The van der Waals surface area contributed by atoms with Gasteiger partial charge in [0.15, 0.2) is 0 Å². The summed E-state index contributed by atoms with van der Waals surface area (Å²) in [5, 5.41) is 0. The number of hydrogen-bond acceptors (Lipinski definition) is 3. The Morgan fingerprint density at radius 2 is 1.81 bits per heavy atom. The van der Waals surface area contributed by atoms with E-state index in [9.17, 15) is 0 Å². The van der Waals surface area contributed by atoms with Crippen molar-refractivity contribution in [2.45, 2.75) is 26.3 Å². The van der Waals surface area contributed by atoms with Crippen molar-refractivity contribution in [2.75, 3.05) is 13.7 Å². The lowest BCUT2D eigenvalue weighted by Gasteiger charge is -2.31. The van der Waals surface area contributed by atoms with Crippen molar-refractivity contribution in [2.24, 2.45) is 0 Å². The van der Waals surface area contributed by atoms with Gasteiger partial charge in [0, 0.05) is 19.3 Å². The Kier molecular flexibility index (Phi) is 4.98. The molecule has 0 aliphatic carbocycles. The molecule has 16 heavy (non-hydrogen) atoms. The van der Waals surface area contributed by atoms with Crippen LogP contribution in [0.25, 0.3) is 0 Å². The summed E-state index contributed by atoms with van der Waals surface area (Å²) in [6.45, 7) is 6.69. The molecule has 0 amide bonds. The SMILES string of the molecule is CCO[Si](OC)(Oc1ccccc1)C(C)C. The minimum absolute atomic E-state index is 0.234. The first-order valence-electron chi connectivity index (χ1n) is 5.57. The summed E-state index contributed by atoms with van der Waals surface area (Å²) in [4.78, 5) is 0. The highest BCUT2D eigenvalue weighted by molar-refractivity contribution is 6.62. The molecule has 0 saturated heterocycles. The number of hydrogen-bond donors (Lipinski definition) is 0. The van der Waals surface area contributed by atoms with Gasteiger partial charge in [-0.3, -0.25) is 0 Å². The Bertz CT molecular complexity index is 302. The van der Waals surface area contributed by atoms with Crippen LogP contribution in [0.5, 0.6) is 5.75 Å². The molecule has 0 N–H and O–H groups in total. The van der Waals surface area contributed by atoms with Gasteiger partial charge in [-0.05, 0) is 19.1 Å². The predicted molar refractivity (Wildman–Crippen MR) is 66.6 cm³/mol. The average Bonchev–Trinajstić information content (AvgIpc) is 2.29. The normalized spacial score (nSPS) is 14.8. The van der Waals surface area contributed by atoms with Crippen LogP contribution in [0.15, 0.2) is 30.3 Å². The van der Waals surface area contributed by atoms with E-state index in [0.29, 0.717) is 6.61 Å². The fourth-order valence-corrected chi connectivity index (χ4v) is 3.67. The second kappa shape index (κ2) is 6.03. The van der Waals surface area contributed by atoms with Crippen molar-refractivity contribution >= 4 is 8.80 Å². The van der Waals surface area contributed by atoms with Gasteiger partial charge in [0.25, 0.3) is 0 Å². The Hall–Kier alpha value is -0.843. The molecule has 0 fully saturated rings. The van der Waals surface area contributed by atoms with Crippen LogP contribution in [-0.4, -0.2) is 22.5 Å². The molecule has 0 bridgehead atoms. The van der Waals surface area contributed by atoms with Crippen LogP contribution in [0, 0.1) is 0 Å². The highest BCUT2D eigenvalue weighted by atomic mass is 28.4. The monoisotopic (exact) mass is 240 g/mol. The van der Waals surface area contributed by atoms with Crippen LogP contribution in [0.3, 0.4) is 0 Å². The molecule has 1 atom stereocenters. The van der Waals surface area contributed by atoms with Gasteiger partial charge >= 0.3 is 8.80 Å². The molecule has 1 unspecified atom stereocenters. The highest BCUT2D eigenvalue weighted by Gasteiger charge is 2.46. The van der Waals surface area contributed by atoms with Gasteiger partial charge < -0.3 is 13.3 Å². The largest absolute Gasteiger partial charge is 0.568 e. The summed E-state index contributed by atoms with van der Waals surface area (Å²) in [6, 6.07) is 9.68. The van der Waals surface area contributed by atoms with Crippen molar-refractivity contribution in [1.82, 2.24) is 0 Å². The fourth-order valence-electron chi connectivity index (χ4n) is 1.50. The van der Waals surface area contributed by atoms with Crippen LogP contribution in [0.1, 0.15) is 20.8 Å². The molecular weight excluding hydrogens is 220 g/mol. The van der Waals surface area contributed by atoms with Crippen LogP contribution in [0.4, 0.5) is 0 Å². The Balaban J connectivity index is 2.85. The van der Waals surface area contributed by atoms with E-state index >= 15 is 0 Å². The van der Waals surface area contributed by atoms with Crippen molar-refractivity contribution in [1.29, 1.82) is 0 Å². The molecule has 0 aliphatic rings. The van der Waals surface area contributed by atoms with Gasteiger partial charge in [0.05, 0.1) is 0 Å². The highest BCUT2D eigenvalue weighted by Crippen LogP contribution is 2.26. The summed E-state index contributed by atoms with van der Waals surface area (Å²) < 4.78 is 17.2. The van der Waals surface area contributed by atoms with E-state index in [-0.39, 0.29) is 5.54 Å². The Morgan fingerprint density at radius 3 is 2.25 bits per heavy atom. The van der Waals surface area contributed by atoms with Gasteiger partial charge in [-0.25, -0.2) is 0 Å². The van der Waals surface area contributed by atoms with E-state index in [2.05, 4.69) is 13.8 Å². The van der Waals surface area contributed by atoms with Crippen LogP contribution in [0.2, 0.25) is 5.54 Å². The molecule has 3 nitrogen and oxygen atoms in total. The van der Waals surface area contributed by atoms with Crippen molar-refractivity contribution < 1.29 is 13.3 Å². The first kappa shape index (κ1) is 13.2. The van der Waals surface area contributed by atoms with Gasteiger partial charge in [-0.15, -0.1) is 0 Å². The molecule has 0 spiro atoms. The number of benzene rings is 1. The van der Waals surface area contributed by atoms with E-state index in [4.69, 9.17) is 13.3 Å². The van der Waals surface area contributed by atoms with Crippen molar-refractivity contribution in [3.8, 4) is 5.75 Å². The van der Waals surface area contributed by atoms with Crippen molar-refractivity contribution in [3.63, 3.8) is 0 Å². The van der Waals surface area contributed by atoms with Crippen LogP contribution in [-0.2, 0) is 8.85 Å². The average molecular weight is 240 g/mol. The molecule has 0 heterocycles. The predicted octanol–water partition coefficient (Wildman–Crippen LogP) is 3.10. The summed E-state index contributed by atoms with van der Waals surface area (Å²) >= 11 is 0. The molecular formula is C12H20O3Si. The van der Waals surface area contributed by atoms with Crippen LogP contribution < -0.4 is 4.43 Å². The third kappa shape index (κ3) is 3.07. The third-order valence-corrected chi connectivity index (χ3v) is 5.53. The molecule has 1 rings (SSSR count). The Morgan fingerprint density at radius 1 is 1.19 bits per heavy atom. The molecule has 90 valence electrons. The second-order valence-corrected chi connectivity index (χ2v) is 7.07. The van der Waals surface area contributed by atoms with E-state index < -0.39 is 8.80 Å². The van der Waals surface area contributed by atoms with E-state index in [1.54, 1.807) is 7.11 Å². The lowest BCUT2D eigenvalue weighted by molar-refractivity contribution is 0.128. The zero-order chi connectivity index (χ0) is 12.0. The molecule has 0 radical (unpaired) electrons. The van der Waals surface area contributed by atoms with Crippen LogP contribution >= 0.6 is 0 Å². The molecule has 4 heteroatoms. The lowest BCUT2D eigenvalue weighted by atomic mass is 10.3. The van der Waals surface area contributed by atoms with E-state index in [0.717, 1.165) is 5.75 Å². The summed E-state index contributed by atoms with van der Waals surface area (Å²) in [5.74, 6) is 0.804. The molecule has 0 aliphatic heterocycles. The number of rotatable bonds is 6. The Labute approximate surface area is 98.7 Å². The van der Waals surface area contributed by atoms with E-state index in [1.165, 1.54) is 0 Å². The van der Waals surface area contributed by atoms with E-state index in [1.807, 2.05) is 37.3 Å². The maximum Gasteiger partial charge on any atom is 0.568 e. The summed E-state index contributed by atoms with van der Waals surface area (Å²) in [6.07, 6.45) is 0. The maximum absolute atomic E-state index is 5.95. The fraction of sp³-hybridized carbons (Fsp3) is 0.500. The maximum atomic E-state index is 5.95. The summed E-state index contributed by atoms with van der Waals surface area (Å²) in [5.41, 5.74) is 0.234. The zero-order valence-electron chi connectivity index (χ0n) is 10.4. The van der Waals surface area contributed by atoms with Crippen molar-refractivity contribution in [3.05, 3.63) is 30.3 Å². The first-order chi connectivity index (χ1) is 7.64. The first-order valence-corrected chi connectivity index (χ1v) is 7.38. The molecule has 0 saturated carbocycles. The zero-order valence-corrected chi connectivity index (χ0v) is 11.4. The van der Waals surface area contributed by atoms with Gasteiger partial charge in [-0.1, -0.05) is 32.0 Å². The second-order valence-electron chi connectivity index (χ2n) is 3.81. The standard InChI is InChI=1S/C12H20O3Si/c1-5-14-16(13-4,11(2)3)15-12-9-7-6-8-10-12/h6-11H,5H2,1-4H3. The molecule has 1 aromatic rings. The van der Waals surface area contributed by atoms with Gasteiger partial charge in [0.1, 0.15) is 5.75 Å². The smallest absolute Gasteiger partial charge is 0.501 e. The summed E-state index contributed by atoms with van der Waals surface area (Å²) in [7, 11) is -0.930. The minimum atomic E-state index is -2.59. The topological polar surface area (TPSA) is 27.7 Å². The lowest BCUT2D eigenvalue weighted by Crippen LogP contribution is -2.50. The quantitative estimate of drug-likeness (QED) is 0.715. The number of para-hydroxylation sites is 1. The minimum Gasteiger partial charge on any atom is -0.501 e. The van der Waals surface area contributed by atoms with Gasteiger partial charge in [-0.2, -0.15) is 0 Å². The molecule has 0 aromatic heterocycles. The third-order valence-electron chi connectivity index (χ3n) is 2.34.